The van der Waals surface area contributed by atoms with Crippen molar-refractivity contribution in [2.24, 2.45) is 0 Å². The number of thiophene rings is 1. The minimum Gasteiger partial charge on any atom is -0.484 e. The number of fused-ring (bicyclic) bond motifs is 1. The van der Waals surface area contributed by atoms with Crippen molar-refractivity contribution in [3.05, 3.63) is 83.9 Å². The number of carbonyl (C=O) groups excluding carboxylic acids is 1. The Kier molecular flexibility index (Phi) is 6.02. The summed E-state index contributed by atoms with van der Waals surface area (Å²) in [5, 5.41) is 6.32. The van der Waals surface area contributed by atoms with E-state index >= 15 is 0 Å². The Hall–Kier alpha value is -3.38. The van der Waals surface area contributed by atoms with Gasteiger partial charge in [0.15, 0.2) is 6.61 Å². The van der Waals surface area contributed by atoms with Crippen molar-refractivity contribution in [3.8, 4) is 17.4 Å². The van der Waals surface area contributed by atoms with Crippen LogP contribution in [0.15, 0.2) is 78.3 Å². The largest absolute Gasteiger partial charge is 0.484 e. The Morgan fingerprint density at radius 3 is 2.59 bits per heavy atom. The molecule has 0 aliphatic heterocycles. The lowest BCUT2D eigenvalue weighted by atomic mass is 10.1. The summed E-state index contributed by atoms with van der Waals surface area (Å²) in [6.45, 7) is 0.560. The molecule has 0 aliphatic rings. The van der Waals surface area contributed by atoms with Gasteiger partial charge < -0.3 is 14.8 Å². The maximum atomic E-state index is 12.1. The molecule has 4 aromatic rings. The van der Waals surface area contributed by atoms with Crippen LogP contribution in [0.2, 0.25) is 0 Å². The van der Waals surface area contributed by atoms with Gasteiger partial charge in [-0.3, -0.25) is 4.79 Å². The summed E-state index contributed by atoms with van der Waals surface area (Å²) >= 11 is 1.73. The first-order chi connectivity index (χ1) is 14.3. The molecule has 2 heterocycles. The van der Waals surface area contributed by atoms with E-state index in [0.29, 0.717) is 23.9 Å². The van der Waals surface area contributed by atoms with E-state index in [1.165, 1.54) is 15.6 Å². The standard InChI is InChI=1S/C23H20N2O3S/c26-22(24-14-12-17-16-29-21-6-2-1-5-20(17)21)15-27-18-8-10-19(11-9-18)28-23-7-3-4-13-25-23/h1-11,13,16H,12,14-15H2,(H,24,26). The highest BCUT2D eigenvalue weighted by molar-refractivity contribution is 7.17. The molecule has 0 fully saturated rings. The fourth-order valence-electron chi connectivity index (χ4n) is 2.90. The lowest BCUT2D eigenvalue weighted by Gasteiger charge is -2.09. The van der Waals surface area contributed by atoms with E-state index in [9.17, 15) is 4.79 Å². The van der Waals surface area contributed by atoms with Crippen molar-refractivity contribution < 1.29 is 14.3 Å². The smallest absolute Gasteiger partial charge is 0.257 e. The molecule has 0 saturated carbocycles. The number of aromatic nitrogens is 1. The fraction of sp³-hybridized carbons (Fsp3) is 0.130. The van der Waals surface area contributed by atoms with Crippen LogP contribution < -0.4 is 14.8 Å². The highest BCUT2D eigenvalue weighted by Gasteiger charge is 2.06. The number of hydrogen-bond acceptors (Lipinski definition) is 5. The van der Waals surface area contributed by atoms with Gasteiger partial charge in [0.2, 0.25) is 5.88 Å². The SMILES string of the molecule is O=C(COc1ccc(Oc2ccccn2)cc1)NCCc1csc2ccccc12. The normalized spacial score (nSPS) is 10.6. The van der Waals surface area contributed by atoms with Gasteiger partial charge in [0, 0.05) is 23.5 Å². The van der Waals surface area contributed by atoms with Crippen LogP contribution in [0.3, 0.4) is 0 Å². The summed E-state index contributed by atoms with van der Waals surface area (Å²) < 4.78 is 12.5. The Morgan fingerprint density at radius 1 is 0.966 bits per heavy atom. The van der Waals surface area contributed by atoms with Crippen LogP contribution in [0.25, 0.3) is 10.1 Å². The number of pyridine rings is 1. The molecule has 0 bridgehead atoms. The van der Waals surface area contributed by atoms with Crippen molar-refractivity contribution >= 4 is 27.3 Å². The summed E-state index contributed by atoms with van der Waals surface area (Å²) in [6.07, 6.45) is 2.47. The number of ether oxygens (including phenoxy) is 2. The third-order valence-electron chi connectivity index (χ3n) is 4.33. The van der Waals surface area contributed by atoms with Gasteiger partial charge >= 0.3 is 0 Å². The van der Waals surface area contributed by atoms with Crippen LogP contribution in [0, 0.1) is 0 Å². The molecule has 146 valence electrons. The zero-order valence-electron chi connectivity index (χ0n) is 15.7. The molecule has 0 atom stereocenters. The molecule has 2 aromatic heterocycles. The molecule has 0 radical (unpaired) electrons. The number of amides is 1. The van der Waals surface area contributed by atoms with Gasteiger partial charge in [-0.2, -0.15) is 0 Å². The molecule has 4 rings (SSSR count). The molecule has 6 heteroatoms. The molecule has 5 nitrogen and oxygen atoms in total. The van der Waals surface area contributed by atoms with Gasteiger partial charge in [-0.1, -0.05) is 24.3 Å². The second-order valence-electron chi connectivity index (χ2n) is 6.39. The number of rotatable bonds is 8. The Morgan fingerprint density at radius 2 is 1.76 bits per heavy atom. The van der Waals surface area contributed by atoms with Crippen molar-refractivity contribution in [2.75, 3.05) is 13.2 Å². The van der Waals surface area contributed by atoms with Crippen LogP contribution >= 0.6 is 11.3 Å². The number of carbonyl (C=O) groups is 1. The van der Waals surface area contributed by atoms with Gasteiger partial charge in [0.05, 0.1) is 0 Å². The van der Waals surface area contributed by atoms with Crippen molar-refractivity contribution in [3.63, 3.8) is 0 Å². The molecule has 0 unspecified atom stereocenters. The Balaban J connectivity index is 1.21. The highest BCUT2D eigenvalue weighted by Crippen LogP contribution is 2.25. The third-order valence-corrected chi connectivity index (χ3v) is 5.34. The quantitative estimate of drug-likeness (QED) is 0.457. The number of nitrogens with one attached hydrogen (secondary N) is 1. The molecule has 1 amide bonds. The minimum atomic E-state index is -0.140. The van der Waals surface area contributed by atoms with Crippen LogP contribution in [0.5, 0.6) is 17.4 Å². The average molecular weight is 404 g/mol. The summed E-state index contributed by atoms with van der Waals surface area (Å²) in [5.74, 6) is 1.65. The summed E-state index contributed by atoms with van der Waals surface area (Å²) in [7, 11) is 0. The molecule has 0 aliphatic carbocycles. The minimum absolute atomic E-state index is 0.0230. The van der Waals surface area contributed by atoms with Crippen molar-refractivity contribution in [2.45, 2.75) is 6.42 Å². The Bertz CT molecular complexity index is 1080. The lowest BCUT2D eigenvalue weighted by Crippen LogP contribution is -2.30. The average Bonchev–Trinajstić information content (AvgIpc) is 3.17. The zero-order valence-corrected chi connectivity index (χ0v) is 16.5. The van der Waals surface area contributed by atoms with Gasteiger partial charge in [-0.05, 0) is 59.1 Å². The monoisotopic (exact) mass is 404 g/mol. The van der Waals surface area contributed by atoms with Crippen molar-refractivity contribution in [1.29, 1.82) is 0 Å². The lowest BCUT2D eigenvalue weighted by molar-refractivity contribution is -0.123. The molecule has 1 N–H and O–H groups in total. The maximum absolute atomic E-state index is 12.1. The first-order valence-electron chi connectivity index (χ1n) is 9.31. The molecule has 0 spiro atoms. The first kappa shape index (κ1) is 19.0. The van der Waals surface area contributed by atoms with E-state index in [2.05, 4.69) is 27.8 Å². The first-order valence-corrected chi connectivity index (χ1v) is 10.2. The van der Waals surface area contributed by atoms with Crippen LogP contribution in [0.1, 0.15) is 5.56 Å². The topological polar surface area (TPSA) is 60.5 Å². The van der Waals surface area contributed by atoms with E-state index in [-0.39, 0.29) is 12.5 Å². The zero-order chi connectivity index (χ0) is 19.9. The van der Waals surface area contributed by atoms with E-state index in [1.807, 2.05) is 24.3 Å². The molecule has 2 aromatic carbocycles. The Labute approximate surface area is 172 Å². The highest BCUT2D eigenvalue weighted by atomic mass is 32.1. The number of benzene rings is 2. The fourth-order valence-corrected chi connectivity index (χ4v) is 3.89. The van der Waals surface area contributed by atoms with Crippen LogP contribution in [-0.2, 0) is 11.2 Å². The predicted molar refractivity (Wildman–Crippen MR) is 115 cm³/mol. The maximum Gasteiger partial charge on any atom is 0.257 e. The summed E-state index contributed by atoms with van der Waals surface area (Å²) in [5.41, 5.74) is 1.26. The van der Waals surface area contributed by atoms with Gasteiger partial charge in [-0.15, -0.1) is 11.3 Å². The van der Waals surface area contributed by atoms with Crippen LogP contribution in [-0.4, -0.2) is 24.0 Å². The van der Waals surface area contributed by atoms with E-state index in [4.69, 9.17) is 9.47 Å². The second-order valence-corrected chi connectivity index (χ2v) is 7.30. The second kappa shape index (κ2) is 9.21. The summed E-state index contributed by atoms with van der Waals surface area (Å²) in [4.78, 5) is 16.2. The summed E-state index contributed by atoms with van der Waals surface area (Å²) in [6, 6.07) is 20.9. The number of nitrogens with zero attached hydrogens (tertiary/aromatic N) is 1. The van der Waals surface area contributed by atoms with Gasteiger partial charge in [-0.25, -0.2) is 4.98 Å². The molecular formula is C23H20N2O3S. The third kappa shape index (κ3) is 5.12. The molecular weight excluding hydrogens is 384 g/mol. The number of hydrogen-bond donors (Lipinski definition) is 1. The van der Waals surface area contributed by atoms with Gasteiger partial charge in [0.1, 0.15) is 11.5 Å². The molecule has 29 heavy (non-hydrogen) atoms. The van der Waals surface area contributed by atoms with Gasteiger partial charge in [0.25, 0.3) is 5.91 Å². The predicted octanol–water partition coefficient (Wildman–Crippen LogP) is 4.83. The van der Waals surface area contributed by atoms with E-state index in [0.717, 1.165) is 6.42 Å². The van der Waals surface area contributed by atoms with Crippen LogP contribution in [0.4, 0.5) is 0 Å². The van der Waals surface area contributed by atoms with Crippen molar-refractivity contribution in [1.82, 2.24) is 10.3 Å². The van der Waals surface area contributed by atoms with E-state index < -0.39 is 0 Å². The van der Waals surface area contributed by atoms with E-state index in [1.54, 1.807) is 47.9 Å². The molecule has 0 saturated heterocycles.